The first kappa shape index (κ1) is 29.4. The maximum Gasteiger partial charge on any atom is 0.238 e. The molecule has 0 spiro atoms. The average Bonchev–Trinajstić information content (AvgIpc) is 3.22. The molecular formula is C32H36CoN4O3. The summed E-state index contributed by atoms with van der Waals surface area (Å²) in [6.45, 7) is 8.63. The number of ether oxygens (including phenoxy) is 2. The third-order valence-electron chi connectivity index (χ3n) is 7.62. The molecule has 8 heteroatoms. The number of nitrogens with zero attached hydrogens (tertiary/aromatic N) is 4. The summed E-state index contributed by atoms with van der Waals surface area (Å²) in [4.78, 5) is 4.69. The molecule has 40 heavy (non-hydrogen) atoms. The number of hydrogen-bond acceptors (Lipinski definition) is 6. The van der Waals surface area contributed by atoms with Crippen LogP contribution < -0.4 is 14.5 Å². The quantitative estimate of drug-likeness (QED) is 0.208. The van der Waals surface area contributed by atoms with Crippen LogP contribution in [0.2, 0.25) is 0 Å². The van der Waals surface area contributed by atoms with Gasteiger partial charge in [-0.15, -0.1) is 5.10 Å². The maximum atomic E-state index is 10.3. The number of benzene rings is 3. The van der Waals surface area contributed by atoms with Crippen LogP contribution >= 0.6 is 0 Å². The van der Waals surface area contributed by atoms with E-state index in [0.29, 0.717) is 5.56 Å². The molecule has 7 nitrogen and oxygen atoms in total. The Morgan fingerprint density at radius 2 is 1.77 bits per heavy atom. The minimum Gasteiger partial charge on any atom is -0.497 e. The van der Waals surface area contributed by atoms with Gasteiger partial charge in [0.05, 0.1) is 26.5 Å². The van der Waals surface area contributed by atoms with Gasteiger partial charge in [0, 0.05) is 64.5 Å². The first-order valence-corrected chi connectivity index (χ1v) is 13.5. The van der Waals surface area contributed by atoms with Crippen LogP contribution in [0.1, 0.15) is 30.5 Å². The second-order valence-corrected chi connectivity index (χ2v) is 10.0. The summed E-state index contributed by atoms with van der Waals surface area (Å²) in [5.74, 6) is 0.728. The molecule has 0 aliphatic carbocycles. The molecule has 0 bridgehead atoms. The van der Waals surface area contributed by atoms with Gasteiger partial charge >= 0.3 is 0 Å². The Hall–Kier alpha value is -3.59. The Kier molecular flexibility index (Phi) is 9.68. The molecule has 0 amide bonds. The Balaban J connectivity index is 0.00000370. The number of anilines is 2. The molecule has 0 aromatic heterocycles. The minimum absolute atomic E-state index is 0. The van der Waals surface area contributed by atoms with Crippen molar-refractivity contribution in [2.45, 2.75) is 25.7 Å². The normalized spacial score (nSPS) is 20.1. The van der Waals surface area contributed by atoms with E-state index < -0.39 is 0 Å². The zero-order valence-corrected chi connectivity index (χ0v) is 24.3. The van der Waals surface area contributed by atoms with E-state index in [4.69, 9.17) is 9.47 Å². The molecule has 1 N–H and O–H groups in total. The van der Waals surface area contributed by atoms with Crippen molar-refractivity contribution in [3.05, 3.63) is 101 Å². The van der Waals surface area contributed by atoms with Gasteiger partial charge in [-0.1, -0.05) is 30.3 Å². The summed E-state index contributed by atoms with van der Waals surface area (Å²) in [5.41, 5.74) is 6.31. The topological polar surface area (TPSA) is 69.9 Å². The number of methoxy groups -OCH3 is 1. The molecule has 2 aliphatic rings. The summed E-state index contributed by atoms with van der Waals surface area (Å²) in [5, 5.41) is 18.5. The average molecular weight is 584 g/mol. The van der Waals surface area contributed by atoms with Crippen LogP contribution in [0.15, 0.2) is 94.8 Å². The van der Waals surface area contributed by atoms with Crippen molar-refractivity contribution >= 4 is 23.5 Å². The van der Waals surface area contributed by atoms with Crippen LogP contribution in [-0.4, -0.2) is 57.2 Å². The Morgan fingerprint density at radius 1 is 1.05 bits per heavy atom. The zero-order valence-electron chi connectivity index (χ0n) is 23.2. The predicted molar refractivity (Wildman–Crippen MR) is 159 cm³/mol. The van der Waals surface area contributed by atoms with E-state index in [0.717, 1.165) is 50.7 Å². The standard InChI is InChI=1S/C32H36N4O3.Co/c1-4-36-29-15-14-27(38-3)22-28(29)32(2,23-24-10-12-26(13-11-24)35-18-20-39-21-19-35)30(36)16-17-33-34-31(37)25-8-6-5-7-9-25;/h5-17,22H,4,18-21,23H2,1-3H3,(H,34,37);/b30-16-,33-17+;. The van der Waals surface area contributed by atoms with Crippen molar-refractivity contribution in [3.63, 3.8) is 0 Å². The van der Waals surface area contributed by atoms with Crippen molar-refractivity contribution in [1.82, 2.24) is 0 Å². The molecule has 0 saturated carbocycles. The second-order valence-electron chi connectivity index (χ2n) is 10.0. The van der Waals surface area contributed by atoms with Gasteiger partial charge in [-0.05, 0) is 79.9 Å². The number of aliphatic hydroxyl groups is 1. The molecule has 1 fully saturated rings. The molecule has 211 valence electrons. The van der Waals surface area contributed by atoms with Crippen LogP contribution in [0.25, 0.3) is 0 Å². The minimum atomic E-state index is -0.322. The monoisotopic (exact) mass is 583 g/mol. The SMILES string of the molecule is CCN1\C(=C/C=N/N=C(\O)c2ccccc2)C(C)(Cc2ccc(N3CCOCC3)cc2)c2cc(OC)ccc21.[Co]. The fourth-order valence-electron chi connectivity index (χ4n) is 5.58. The number of fused-ring (bicyclic) bond motifs is 1. The first-order chi connectivity index (χ1) is 19.0. The largest absolute Gasteiger partial charge is 0.497 e. The first-order valence-electron chi connectivity index (χ1n) is 13.5. The fourth-order valence-corrected chi connectivity index (χ4v) is 5.58. The van der Waals surface area contributed by atoms with Gasteiger partial charge in [-0.2, -0.15) is 5.10 Å². The predicted octanol–water partition coefficient (Wildman–Crippen LogP) is 5.74. The molecule has 2 aliphatic heterocycles. The van der Waals surface area contributed by atoms with E-state index in [9.17, 15) is 5.11 Å². The van der Waals surface area contributed by atoms with Crippen molar-refractivity contribution in [3.8, 4) is 5.75 Å². The number of morpholine rings is 1. The summed E-state index contributed by atoms with van der Waals surface area (Å²) in [6.07, 6.45) is 4.49. The fraction of sp³-hybridized carbons (Fsp3) is 0.312. The number of likely N-dealkylation sites (N-methyl/N-ethyl adjacent to an activating group) is 1. The third kappa shape index (κ3) is 6.09. The molecule has 1 unspecified atom stereocenters. The maximum absolute atomic E-state index is 10.3. The van der Waals surface area contributed by atoms with E-state index in [1.54, 1.807) is 25.5 Å². The second kappa shape index (κ2) is 13.2. The number of aliphatic hydroxyl groups excluding tert-OH is 1. The molecular weight excluding hydrogens is 547 g/mol. The molecule has 3 aromatic carbocycles. The number of allylic oxidation sites excluding steroid dienone is 2. The van der Waals surface area contributed by atoms with Crippen molar-refractivity contribution in [1.29, 1.82) is 0 Å². The molecule has 1 radical (unpaired) electrons. The summed E-state index contributed by atoms with van der Waals surface area (Å²) < 4.78 is 11.1. The number of hydrogen-bond donors (Lipinski definition) is 1. The molecule has 5 rings (SSSR count). The number of rotatable bonds is 8. The third-order valence-corrected chi connectivity index (χ3v) is 7.62. The van der Waals surface area contributed by atoms with E-state index >= 15 is 0 Å². The van der Waals surface area contributed by atoms with E-state index in [1.807, 2.05) is 30.3 Å². The van der Waals surface area contributed by atoms with Crippen LogP contribution in [0.3, 0.4) is 0 Å². The van der Waals surface area contributed by atoms with Crippen LogP contribution in [-0.2, 0) is 33.4 Å². The Labute approximate surface area is 247 Å². The molecule has 3 aromatic rings. The van der Waals surface area contributed by atoms with E-state index in [-0.39, 0.29) is 28.1 Å². The van der Waals surface area contributed by atoms with Gasteiger partial charge < -0.3 is 24.4 Å². The van der Waals surface area contributed by atoms with Gasteiger partial charge in [0.1, 0.15) is 5.75 Å². The van der Waals surface area contributed by atoms with Gasteiger partial charge in [0.2, 0.25) is 5.90 Å². The molecule has 2 heterocycles. The Morgan fingerprint density at radius 3 is 2.45 bits per heavy atom. The van der Waals surface area contributed by atoms with Crippen molar-refractivity contribution < 1.29 is 31.4 Å². The van der Waals surface area contributed by atoms with Crippen molar-refractivity contribution in [2.24, 2.45) is 10.2 Å². The zero-order chi connectivity index (χ0) is 27.2. The Bertz CT molecular complexity index is 1370. The summed E-state index contributed by atoms with van der Waals surface area (Å²) in [7, 11) is 1.70. The van der Waals surface area contributed by atoms with Crippen molar-refractivity contribution in [2.75, 3.05) is 49.8 Å². The van der Waals surface area contributed by atoms with Gasteiger partial charge in [0.25, 0.3) is 0 Å². The summed E-state index contributed by atoms with van der Waals surface area (Å²) in [6, 6.07) is 24.4. The summed E-state index contributed by atoms with van der Waals surface area (Å²) >= 11 is 0. The van der Waals surface area contributed by atoms with Crippen LogP contribution in [0.4, 0.5) is 11.4 Å². The van der Waals surface area contributed by atoms with Gasteiger partial charge in [0.15, 0.2) is 0 Å². The van der Waals surface area contributed by atoms with Crippen LogP contribution in [0, 0.1) is 0 Å². The van der Waals surface area contributed by atoms with Crippen LogP contribution in [0.5, 0.6) is 5.75 Å². The van der Waals surface area contributed by atoms with E-state index in [2.05, 4.69) is 70.2 Å². The smallest absolute Gasteiger partial charge is 0.238 e. The molecule has 1 atom stereocenters. The van der Waals surface area contributed by atoms with E-state index in [1.165, 1.54) is 22.5 Å². The van der Waals surface area contributed by atoms with Gasteiger partial charge in [-0.3, -0.25) is 0 Å². The molecule has 1 saturated heterocycles. The van der Waals surface area contributed by atoms with Gasteiger partial charge in [-0.25, -0.2) is 0 Å².